The molecule has 0 radical (unpaired) electrons. The van der Waals surface area contributed by atoms with E-state index in [2.05, 4.69) is 21.3 Å². The lowest BCUT2D eigenvalue weighted by molar-refractivity contribution is -0.0857. The van der Waals surface area contributed by atoms with Gasteiger partial charge in [0.15, 0.2) is 12.0 Å². The smallest absolute Gasteiger partial charge is 0.404 e. The number of nitriles is 1. The second-order valence-corrected chi connectivity index (χ2v) is 7.16. The van der Waals surface area contributed by atoms with Gasteiger partial charge in [-0.15, -0.1) is 0 Å². The summed E-state index contributed by atoms with van der Waals surface area (Å²) in [4.78, 5) is 23.6. The minimum absolute atomic E-state index is 0.00683. The fourth-order valence-electron chi connectivity index (χ4n) is 3.33. The van der Waals surface area contributed by atoms with Gasteiger partial charge in [0, 0.05) is 57.1 Å². The molecule has 32 heavy (non-hydrogen) atoms. The van der Waals surface area contributed by atoms with Crippen molar-refractivity contribution >= 4 is 17.9 Å². The Bertz CT molecular complexity index is 1060. The van der Waals surface area contributed by atoms with Crippen molar-refractivity contribution in [3.8, 4) is 6.19 Å². The maximum atomic E-state index is 12.6. The quantitative estimate of drug-likeness (QED) is 0.570. The summed E-state index contributed by atoms with van der Waals surface area (Å²) in [5.74, 6) is -0.306. The number of nitrogens with zero attached hydrogens (tertiary/aromatic N) is 7. The van der Waals surface area contributed by atoms with Gasteiger partial charge >= 0.3 is 6.18 Å². The van der Waals surface area contributed by atoms with Crippen molar-refractivity contribution in [3.05, 3.63) is 53.6 Å². The lowest BCUT2D eigenvalue weighted by atomic mass is 10.2. The van der Waals surface area contributed by atoms with E-state index in [4.69, 9.17) is 11.0 Å². The highest BCUT2D eigenvalue weighted by Crippen LogP contribution is 2.29. The van der Waals surface area contributed by atoms with Crippen LogP contribution < -0.4 is 5.73 Å². The maximum absolute atomic E-state index is 12.6. The van der Waals surface area contributed by atoms with Crippen LogP contribution in [-0.2, 0) is 13.6 Å². The minimum Gasteiger partial charge on any atom is -0.404 e. The number of aryl methyl sites for hydroxylation is 1. The third-order valence-electron chi connectivity index (χ3n) is 4.99. The minimum atomic E-state index is -4.61. The van der Waals surface area contributed by atoms with Crippen molar-refractivity contribution in [2.24, 2.45) is 17.8 Å². The fourth-order valence-corrected chi connectivity index (χ4v) is 3.33. The van der Waals surface area contributed by atoms with Crippen LogP contribution in [-0.4, -0.2) is 62.0 Å². The van der Waals surface area contributed by atoms with E-state index in [0.29, 0.717) is 44.0 Å². The molecule has 2 N–H and O–H groups in total. The first-order valence-corrected chi connectivity index (χ1v) is 9.65. The van der Waals surface area contributed by atoms with E-state index in [-0.39, 0.29) is 23.5 Å². The van der Waals surface area contributed by atoms with Crippen molar-refractivity contribution in [3.63, 3.8) is 0 Å². The molecule has 0 saturated carbocycles. The van der Waals surface area contributed by atoms with Crippen LogP contribution in [0.1, 0.15) is 22.5 Å². The summed E-state index contributed by atoms with van der Waals surface area (Å²) >= 11 is 0. The third-order valence-corrected chi connectivity index (χ3v) is 4.99. The summed E-state index contributed by atoms with van der Waals surface area (Å²) < 4.78 is 39.7. The Balaban J connectivity index is 0.000000416. The molecule has 9 nitrogen and oxygen atoms in total. The van der Waals surface area contributed by atoms with E-state index in [9.17, 15) is 18.0 Å². The number of rotatable bonds is 3. The first-order valence-electron chi connectivity index (χ1n) is 9.65. The number of fused-ring (bicyclic) bond motifs is 1. The molecule has 2 aromatic heterocycles. The monoisotopic (exact) mass is 446 g/mol. The molecule has 2 aliphatic heterocycles. The Labute approximate surface area is 182 Å². The van der Waals surface area contributed by atoms with E-state index in [0.717, 1.165) is 0 Å². The van der Waals surface area contributed by atoms with Gasteiger partial charge in [-0.05, 0) is 18.6 Å². The van der Waals surface area contributed by atoms with Gasteiger partial charge < -0.3 is 15.5 Å². The Morgan fingerprint density at radius 1 is 1.41 bits per heavy atom. The third kappa shape index (κ3) is 5.23. The highest BCUT2D eigenvalue weighted by atomic mass is 19.4. The lowest BCUT2D eigenvalue weighted by Crippen LogP contribution is -2.37. The molecule has 12 heteroatoms. The number of amides is 1. The molecule has 0 aromatic carbocycles. The number of alkyl halides is 3. The summed E-state index contributed by atoms with van der Waals surface area (Å²) in [5, 5.41) is 12.8. The standard InChI is InChI=1S/C16H15F3N6O.C4H6N2/c17-16(18,19)11(5-20)6-22-13-2-1-10-7-25(15(26)14(10)23-13)12-3-4-24(8-12)9-21;1-6-4-2-3-5-6/h1-2,5-6,12H,3-4,7-8,20H2;2-4H,1H3/b11-5+,22-6?;. The Kier molecular flexibility index (Phi) is 6.77. The van der Waals surface area contributed by atoms with Gasteiger partial charge in [0.1, 0.15) is 5.69 Å². The van der Waals surface area contributed by atoms with E-state index < -0.39 is 11.7 Å². The predicted octanol–water partition coefficient (Wildman–Crippen LogP) is 2.12. The van der Waals surface area contributed by atoms with Crippen LogP contribution in [0.4, 0.5) is 19.0 Å². The van der Waals surface area contributed by atoms with Crippen molar-refractivity contribution < 1.29 is 18.0 Å². The molecular weight excluding hydrogens is 425 g/mol. The van der Waals surface area contributed by atoms with Gasteiger partial charge in [-0.3, -0.25) is 9.48 Å². The molecular formula is C20H21F3N8O. The van der Waals surface area contributed by atoms with Gasteiger partial charge in [-0.1, -0.05) is 6.07 Å². The molecule has 1 saturated heterocycles. The summed E-state index contributed by atoms with van der Waals surface area (Å²) in [5.41, 5.74) is 4.73. The van der Waals surface area contributed by atoms with Gasteiger partial charge in [0.25, 0.3) is 5.91 Å². The van der Waals surface area contributed by atoms with E-state index >= 15 is 0 Å². The van der Waals surface area contributed by atoms with Crippen molar-refractivity contribution in [1.29, 1.82) is 5.26 Å². The number of nitrogens with two attached hydrogens (primary N) is 1. The molecule has 0 spiro atoms. The van der Waals surface area contributed by atoms with Crippen LogP contribution in [0.5, 0.6) is 0 Å². The van der Waals surface area contributed by atoms with Crippen LogP contribution >= 0.6 is 0 Å². The van der Waals surface area contributed by atoms with Crippen LogP contribution in [0, 0.1) is 11.5 Å². The SMILES string of the molecule is Cn1cccn1.N#CN1CCC(N2Cc3ccc(N=C/C(=C\N)C(F)(F)F)nc3C2=O)C1. The topological polar surface area (TPSA) is 116 Å². The van der Waals surface area contributed by atoms with E-state index in [1.165, 1.54) is 6.07 Å². The van der Waals surface area contributed by atoms with E-state index in [1.54, 1.807) is 26.7 Å². The Morgan fingerprint density at radius 3 is 2.72 bits per heavy atom. The average molecular weight is 446 g/mol. The normalized spacial score (nSPS) is 18.5. The van der Waals surface area contributed by atoms with Gasteiger partial charge in [0.05, 0.1) is 11.6 Å². The number of aromatic nitrogens is 3. The van der Waals surface area contributed by atoms with Crippen molar-refractivity contribution in [2.75, 3.05) is 13.1 Å². The van der Waals surface area contributed by atoms with Crippen LogP contribution in [0.15, 0.2) is 47.4 Å². The highest BCUT2D eigenvalue weighted by Gasteiger charge is 2.37. The molecule has 2 aromatic rings. The number of hydrogen-bond donors (Lipinski definition) is 1. The number of halogens is 3. The molecule has 2 aliphatic rings. The molecule has 1 atom stereocenters. The zero-order valence-electron chi connectivity index (χ0n) is 17.2. The maximum Gasteiger partial charge on any atom is 0.419 e. The summed E-state index contributed by atoms with van der Waals surface area (Å²) in [6, 6.07) is 4.89. The Morgan fingerprint density at radius 2 is 2.19 bits per heavy atom. The molecule has 4 heterocycles. The fraction of sp³-hybridized carbons (Fsp3) is 0.350. The van der Waals surface area contributed by atoms with Gasteiger partial charge in [-0.2, -0.15) is 23.5 Å². The zero-order chi connectivity index (χ0) is 23.3. The zero-order valence-corrected chi connectivity index (χ0v) is 17.2. The average Bonchev–Trinajstić information content (AvgIpc) is 3.49. The lowest BCUT2D eigenvalue weighted by Gasteiger charge is -2.22. The first-order chi connectivity index (χ1) is 15.2. The predicted molar refractivity (Wildman–Crippen MR) is 109 cm³/mol. The van der Waals surface area contributed by atoms with Crippen LogP contribution in [0.3, 0.4) is 0 Å². The number of pyridine rings is 1. The highest BCUT2D eigenvalue weighted by molar-refractivity contribution is 5.97. The number of allylic oxidation sites excluding steroid dienone is 1. The summed E-state index contributed by atoms with van der Waals surface area (Å²) in [6.45, 7) is 1.43. The number of hydrogen-bond acceptors (Lipinski definition) is 7. The Hall–Kier alpha value is -3.88. The summed E-state index contributed by atoms with van der Waals surface area (Å²) in [7, 11) is 1.89. The number of carbonyl (C=O) groups is 1. The number of carbonyl (C=O) groups excluding carboxylic acids is 1. The van der Waals surface area contributed by atoms with Gasteiger partial charge in [0.2, 0.25) is 0 Å². The van der Waals surface area contributed by atoms with Gasteiger partial charge in [-0.25, -0.2) is 9.98 Å². The molecule has 1 amide bonds. The van der Waals surface area contributed by atoms with Crippen LogP contribution in [0.25, 0.3) is 0 Å². The first kappa shape index (κ1) is 22.8. The molecule has 4 rings (SSSR count). The molecule has 168 valence electrons. The number of likely N-dealkylation sites (tertiary alicyclic amines) is 1. The summed E-state index contributed by atoms with van der Waals surface area (Å²) in [6.07, 6.45) is 2.77. The largest absolute Gasteiger partial charge is 0.419 e. The molecule has 0 aliphatic carbocycles. The second kappa shape index (κ2) is 9.51. The number of aliphatic imine (C=N–C) groups is 1. The molecule has 1 unspecified atom stereocenters. The van der Waals surface area contributed by atoms with E-state index in [1.807, 2.05) is 19.3 Å². The molecule has 1 fully saturated rings. The second-order valence-electron chi connectivity index (χ2n) is 7.16. The van der Waals surface area contributed by atoms with Crippen molar-refractivity contribution in [1.82, 2.24) is 24.6 Å². The van der Waals surface area contributed by atoms with Crippen LogP contribution in [0.2, 0.25) is 0 Å². The molecule has 0 bridgehead atoms. The van der Waals surface area contributed by atoms with Crippen molar-refractivity contribution in [2.45, 2.75) is 25.2 Å².